The van der Waals surface area contributed by atoms with Crippen molar-refractivity contribution in [2.45, 2.75) is 12.5 Å². The van der Waals surface area contributed by atoms with Crippen molar-refractivity contribution < 1.29 is 4.84 Å². The average molecular weight is 219 g/mol. The molecule has 1 atom stereocenters. The summed E-state index contributed by atoms with van der Waals surface area (Å²) in [6, 6.07) is 7.74. The summed E-state index contributed by atoms with van der Waals surface area (Å²) >= 11 is 0. The summed E-state index contributed by atoms with van der Waals surface area (Å²) in [4.78, 5) is 7.48. The van der Waals surface area contributed by atoms with Crippen molar-refractivity contribution in [2.75, 3.05) is 26.4 Å². The summed E-state index contributed by atoms with van der Waals surface area (Å²) < 4.78 is 0. The van der Waals surface area contributed by atoms with Gasteiger partial charge in [-0.3, -0.25) is 0 Å². The first-order valence-corrected chi connectivity index (χ1v) is 5.38. The molecule has 0 saturated carbocycles. The van der Waals surface area contributed by atoms with Crippen molar-refractivity contribution in [2.24, 2.45) is 5.16 Å². The predicted molar refractivity (Wildman–Crippen MR) is 65.4 cm³/mol. The molecule has 16 heavy (non-hydrogen) atoms. The van der Waals surface area contributed by atoms with Gasteiger partial charge in [0, 0.05) is 18.7 Å². The SMILES string of the molecule is CN(C)CC1CC(c2ccc(N)cc2)=NO1. The molecular formula is C12H17N3O. The minimum Gasteiger partial charge on any atom is -0.399 e. The molecule has 2 rings (SSSR count). The first-order valence-electron chi connectivity index (χ1n) is 5.38. The van der Waals surface area contributed by atoms with E-state index in [4.69, 9.17) is 10.6 Å². The summed E-state index contributed by atoms with van der Waals surface area (Å²) in [6.45, 7) is 0.891. The topological polar surface area (TPSA) is 50.8 Å². The van der Waals surface area contributed by atoms with Gasteiger partial charge in [0.25, 0.3) is 0 Å². The predicted octanol–water partition coefficient (Wildman–Crippen LogP) is 1.32. The number of nitrogens with two attached hydrogens (primary N) is 1. The van der Waals surface area contributed by atoms with Gasteiger partial charge in [-0.15, -0.1) is 0 Å². The molecule has 0 saturated heterocycles. The molecule has 0 aliphatic carbocycles. The Morgan fingerprint density at radius 2 is 2.06 bits per heavy atom. The van der Waals surface area contributed by atoms with Crippen LogP contribution in [0.4, 0.5) is 5.69 Å². The molecule has 0 fully saturated rings. The number of nitrogen functional groups attached to an aromatic ring is 1. The van der Waals surface area contributed by atoms with E-state index < -0.39 is 0 Å². The molecule has 2 N–H and O–H groups in total. The van der Waals surface area contributed by atoms with Crippen molar-refractivity contribution in [1.82, 2.24) is 4.90 Å². The summed E-state index contributed by atoms with van der Waals surface area (Å²) in [7, 11) is 4.06. The maximum absolute atomic E-state index is 5.64. The van der Waals surface area contributed by atoms with E-state index in [-0.39, 0.29) is 6.10 Å². The highest BCUT2D eigenvalue weighted by Gasteiger charge is 2.22. The van der Waals surface area contributed by atoms with E-state index in [0.717, 1.165) is 29.9 Å². The van der Waals surface area contributed by atoms with Crippen LogP contribution in [0.3, 0.4) is 0 Å². The molecule has 0 aromatic heterocycles. The van der Waals surface area contributed by atoms with Crippen LogP contribution in [0.15, 0.2) is 29.4 Å². The van der Waals surface area contributed by atoms with E-state index >= 15 is 0 Å². The zero-order valence-corrected chi connectivity index (χ0v) is 9.68. The normalized spacial score (nSPS) is 19.7. The molecule has 1 aromatic rings. The molecule has 1 heterocycles. The highest BCUT2D eigenvalue weighted by atomic mass is 16.6. The Morgan fingerprint density at radius 3 is 2.69 bits per heavy atom. The molecule has 0 radical (unpaired) electrons. The van der Waals surface area contributed by atoms with E-state index in [2.05, 4.69) is 10.1 Å². The van der Waals surface area contributed by atoms with Crippen molar-refractivity contribution in [3.8, 4) is 0 Å². The number of nitrogens with zero attached hydrogens (tertiary/aromatic N) is 2. The third-order valence-electron chi connectivity index (χ3n) is 2.55. The first kappa shape index (κ1) is 11.0. The zero-order valence-electron chi connectivity index (χ0n) is 9.68. The molecule has 4 heteroatoms. The molecule has 4 nitrogen and oxygen atoms in total. The smallest absolute Gasteiger partial charge is 0.145 e. The zero-order chi connectivity index (χ0) is 11.5. The van der Waals surface area contributed by atoms with Crippen LogP contribution in [0.2, 0.25) is 0 Å². The van der Waals surface area contributed by atoms with E-state index in [0.29, 0.717) is 0 Å². The fraction of sp³-hybridized carbons (Fsp3) is 0.417. The molecule has 0 amide bonds. The van der Waals surface area contributed by atoms with E-state index in [9.17, 15) is 0 Å². The molecule has 1 unspecified atom stereocenters. The van der Waals surface area contributed by atoms with E-state index in [1.54, 1.807) is 0 Å². The number of anilines is 1. The van der Waals surface area contributed by atoms with Gasteiger partial charge in [0.05, 0.1) is 5.71 Å². The van der Waals surface area contributed by atoms with Crippen LogP contribution < -0.4 is 5.73 Å². The Balaban J connectivity index is 2.00. The van der Waals surface area contributed by atoms with Gasteiger partial charge in [-0.1, -0.05) is 17.3 Å². The Kier molecular flexibility index (Phi) is 3.10. The van der Waals surface area contributed by atoms with Gasteiger partial charge in [0.2, 0.25) is 0 Å². The highest BCUT2D eigenvalue weighted by Crippen LogP contribution is 2.17. The number of oxime groups is 1. The lowest BCUT2D eigenvalue weighted by Gasteiger charge is -2.13. The number of hydrogen-bond acceptors (Lipinski definition) is 4. The van der Waals surface area contributed by atoms with Crippen molar-refractivity contribution in [1.29, 1.82) is 0 Å². The van der Waals surface area contributed by atoms with Gasteiger partial charge >= 0.3 is 0 Å². The Bertz CT molecular complexity index is 384. The highest BCUT2D eigenvalue weighted by molar-refractivity contribution is 6.01. The van der Waals surface area contributed by atoms with Crippen LogP contribution in [-0.4, -0.2) is 37.4 Å². The summed E-state index contributed by atoms with van der Waals surface area (Å²) in [5.41, 5.74) is 8.51. The first-order chi connectivity index (χ1) is 7.65. The molecule has 86 valence electrons. The molecule has 0 spiro atoms. The van der Waals surface area contributed by atoms with Gasteiger partial charge in [-0.05, 0) is 31.8 Å². The van der Waals surface area contributed by atoms with Crippen molar-refractivity contribution in [3.63, 3.8) is 0 Å². The Labute approximate surface area is 95.7 Å². The largest absolute Gasteiger partial charge is 0.399 e. The maximum atomic E-state index is 5.64. The van der Waals surface area contributed by atoms with Gasteiger partial charge in [-0.25, -0.2) is 0 Å². The molecule has 1 aliphatic rings. The van der Waals surface area contributed by atoms with Crippen LogP contribution >= 0.6 is 0 Å². The minimum absolute atomic E-state index is 0.169. The Hall–Kier alpha value is -1.55. The quantitative estimate of drug-likeness (QED) is 0.780. The standard InChI is InChI=1S/C12H17N3O/c1-15(2)8-11-7-12(14-16-11)9-3-5-10(13)6-4-9/h3-6,11H,7-8,13H2,1-2H3. The summed E-state index contributed by atoms with van der Waals surface area (Å²) in [5, 5.41) is 4.12. The minimum atomic E-state index is 0.169. The van der Waals surface area contributed by atoms with Gasteiger partial charge in [0.15, 0.2) is 0 Å². The summed E-state index contributed by atoms with van der Waals surface area (Å²) in [6.07, 6.45) is 1.03. The van der Waals surface area contributed by atoms with Gasteiger partial charge in [-0.2, -0.15) is 0 Å². The molecule has 1 aromatic carbocycles. The van der Waals surface area contributed by atoms with Crippen LogP contribution in [0, 0.1) is 0 Å². The number of rotatable bonds is 3. The van der Waals surface area contributed by atoms with Crippen LogP contribution in [0.5, 0.6) is 0 Å². The monoisotopic (exact) mass is 219 g/mol. The second kappa shape index (κ2) is 4.53. The van der Waals surface area contributed by atoms with Crippen LogP contribution in [-0.2, 0) is 4.84 Å². The van der Waals surface area contributed by atoms with E-state index in [1.807, 2.05) is 38.4 Å². The fourth-order valence-electron chi connectivity index (χ4n) is 1.78. The number of benzene rings is 1. The third kappa shape index (κ3) is 2.52. The second-order valence-corrected chi connectivity index (χ2v) is 4.35. The third-order valence-corrected chi connectivity index (χ3v) is 2.55. The lowest BCUT2D eigenvalue weighted by atomic mass is 10.0. The van der Waals surface area contributed by atoms with Crippen molar-refractivity contribution in [3.05, 3.63) is 29.8 Å². The maximum Gasteiger partial charge on any atom is 0.145 e. The van der Waals surface area contributed by atoms with Crippen LogP contribution in [0.1, 0.15) is 12.0 Å². The molecular weight excluding hydrogens is 202 g/mol. The van der Waals surface area contributed by atoms with Gasteiger partial charge in [0.1, 0.15) is 6.10 Å². The van der Waals surface area contributed by atoms with Gasteiger partial charge < -0.3 is 15.5 Å². The lowest BCUT2D eigenvalue weighted by molar-refractivity contribution is 0.0650. The summed E-state index contributed by atoms with van der Waals surface area (Å²) in [5.74, 6) is 0. The number of hydrogen-bond donors (Lipinski definition) is 1. The molecule has 0 bridgehead atoms. The fourth-order valence-corrected chi connectivity index (χ4v) is 1.78. The van der Waals surface area contributed by atoms with E-state index in [1.165, 1.54) is 0 Å². The van der Waals surface area contributed by atoms with Crippen molar-refractivity contribution >= 4 is 11.4 Å². The number of likely N-dealkylation sites (N-methyl/N-ethyl adjacent to an activating group) is 1. The Morgan fingerprint density at radius 1 is 1.38 bits per heavy atom. The second-order valence-electron chi connectivity index (χ2n) is 4.35. The van der Waals surface area contributed by atoms with Crippen LogP contribution in [0.25, 0.3) is 0 Å². The lowest BCUT2D eigenvalue weighted by Crippen LogP contribution is -2.26. The molecule has 1 aliphatic heterocycles. The average Bonchev–Trinajstić information content (AvgIpc) is 2.66.